The molecule has 0 saturated heterocycles. The quantitative estimate of drug-likeness (QED) is 0.501. The van der Waals surface area contributed by atoms with E-state index in [1.165, 1.54) is 11.1 Å². The van der Waals surface area contributed by atoms with Gasteiger partial charge in [-0.15, -0.1) is 0 Å². The summed E-state index contributed by atoms with van der Waals surface area (Å²) in [6.07, 6.45) is 7.01. The van der Waals surface area contributed by atoms with Gasteiger partial charge in [0.2, 0.25) is 0 Å². The van der Waals surface area contributed by atoms with E-state index in [1.54, 1.807) is 0 Å². The van der Waals surface area contributed by atoms with Crippen molar-refractivity contribution in [3.63, 3.8) is 0 Å². The lowest BCUT2D eigenvalue weighted by Crippen LogP contribution is -2.27. The van der Waals surface area contributed by atoms with Crippen LogP contribution < -0.4 is 5.32 Å². The highest BCUT2D eigenvalue weighted by molar-refractivity contribution is 5.02. The molecule has 0 rings (SSSR count). The van der Waals surface area contributed by atoms with Gasteiger partial charge < -0.3 is 5.11 Å². The van der Waals surface area contributed by atoms with Crippen molar-refractivity contribution in [1.29, 1.82) is 0 Å². The molecular weight excluding hydrogens is 186 g/mol. The minimum Gasteiger partial charge on any atom is -0.379 e. The average molecular weight is 211 g/mol. The molecule has 15 heavy (non-hydrogen) atoms. The van der Waals surface area contributed by atoms with E-state index in [9.17, 15) is 5.11 Å². The Bertz CT molecular complexity index is 215. The molecule has 0 bridgehead atoms. The van der Waals surface area contributed by atoms with Gasteiger partial charge in [-0.2, -0.15) is 0 Å². The van der Waals surface area contributed by atoms with Gasteiger partial charge >= 0.3 is 0 Å². The van der Waals surface area contributed by atoms with Crippen molar-refractivity contribution in [3.8, 4) is 0 Å². The lowest BCUT2D eigenvalue weighted by atomic mass is 10.1. The molecule has 2 heteroatoms. The molecule has 0 aromatic carbocycles. The highest BCUT2D eigenvalue weighted by Gasteiger charge is 1.95. The molecule has 0 aliphatic heterocycles. The zero-order valence-electron chi connectivity index (χ0n) is 10.5. The van der Waals surface area contributed by atoms with Gasteiger partial charge in [0, 0.05) is 6.54 Å². The third-order valence-corrected chi connectivity index (χ3v) is 2.28. The standard InChI is InChI=1S/C13H25NO/c1-5-13(15)14-10-9-12(4)8-6-7-11(2)3/h7,9,13-15H,5-6,8,10H2,1-4H3/b12-9+. The number of allylic oxidation sites excluding steroid dienone is 3. The first kappa shape index (κ1) is 14.4. The Morgan fingerprint density at radius 2 is 1.93 bits per heavy atom. The molecule has 1 atom stereocenters. The SMILES string of the molecule is CCC(O)NC/C=C(\C)CCC=C(C)C. The molecule has 0 saturated carbocycles. The fourth-order valence-corrected chi connectivity index (χ4v) is 1.20. The fourth-order valence-electron chi connectivity index (χ4n) is 1.20. The summed E-state index contributed by atoms with van der Waals surface area (Å²) < 4.78 is 0. The van der Waals surface area contributed by atoms with Gasteiger partial charge in [0.1, 0.15) is 6.23 Å². The van der Waals surface area contributed by atoms with Crippen LogP contribution in [0.5, 0.6) is 0 Å². The Balaban J connectivity index is 3.65. The molecule has 0 spiro atoms. The van der Waals surface area contributed by atoms with E-state index in [4.69, 9.17) is 0 Å². The maximum absolute atomic E-state index is 9.27. The number of aliphatic hydroxyl groups excluding tert-OH is 1. The second-order valence-corrected chi connectivity index (χ2v) is 4.20. The van der Waals surface area contributed by atoms with E-state index >= 15 is 0 Å². The molecule has 0 amide bonds. The molecule has 2 N–H and O–H groups in total. The topological polar surface area (TPSA) is 32.3 Å². The first-order valence-corrected chi connectivity index (χ1v) is 5.76. The maximum atomic E-state index is 9.27. The van der Waals surface area contributed by atoms with Gasteiger partial charge in [0.05, 0.1) is 0 Å². The number of nitrogens with one attached hydrogen (secondary N) is 1. The molecule has 0 aliphatic carbocycles. The van der Waals surface area contributed by atoms with Crippen LogP contribution >= 0.6 is 0 Å². The summed E-state index contributed by atoms with van der Waals surface area (Å²) in [6, 6.07) is 0. The van der Waals surface area contributed by atoms with E-state index < -0.39 is 0 Å². The molecule has 88 valence electrons. The van der Waals surface area contributed by atoms with Crippen molar-refractivity contribution in [2.24, 2.45) is 0 Å². The van der Waals surface area contributed by atoms with Crippen molar-refractivity contribution >= 4 is 0 Å². The maximum Gasteiger partial charge on any atom is 0.104 e. The van der Waals surface area contributed by atoms with Crippen LogP contribution in [-0.2, 0) is 0 Å². The van der Waals surface area contributed by atoms with Crippen LogP contribution in [0.4, 0.5) is 0 Å². The third kappa shape index (κ3) is 9.70. The first-order chi connectivity index (χ1) is 7.06. The predicted molar refractivity (Wildman–Crippen MR) is 66.7 cm³/mol. The monoisotopic (exact) mass is 211 g/mol. The molecule has 0 radical (unpaired) electrons. The normalized spacial score (nSPS) is 13.8. The van der Waals surface area contributed by atoms with E-state index in [1.807, 2.05) is 6.92 Å². The van der Waals surface area contributed by atoms with Crippen molar-refractivity contribution in [2.45, 2.75) is 53.2 Å². The Hall–Kier alpha value is -0.600. The average Bonchev–Trinajstić information content (AvgIpc) is 2.17. The molecule has 0 aromatic rings. The van der Waals surface area contributed by atoms with Crippen LogP contribution in [-0.4, -0.2) is 17.9 Å². The Labute approximate surface area is 94.1 Å². The van der Waals surface area contributed by atoms with Crippen LogP contribution in [0.1, 0.15) is 47.0 Å². The Morgan fingerprint density at radius 1 is 1.27 bits per heavy atom. The van der Waals surface area contributed by atoms with Gasteiger partial charge in [-0.3, -0.25) is 5.32 Å². The summed E-state index contributed by atoms with van der Waals surface area (Å²) in [4.78, 5) is 0. The molecule has 0 aliphatic rings. The summed E-state index contributed by atoms with van der Waals surface area (Å²) >= 11 is 0. The molecule has 0 aromatic heterocycles. The molecular formula is C13H25NO. The van der Waals surface area contributed by atoms with Gasteiger partial charge in [0.15, 0.2) is 0 Å². The zero-order valence-corrected chi connectivity index (χ0v) is 10.5. The van der Waals surface area contributed by atoms with Crippen molar-refractivity contribution in [2.75, 3.05) is 6.54 Å². The third-order valence-electron chi connectivity index (χ3n) is 2.28. The van der Waals surface area contributed by atoms with Crippen LogP contribution in [0.3, 0.4) is 0 Å². The fraction of sp³-hybridized carbons (Fsp3) is 0.692. The highest BCUT2D eigenvalue weighted by atomic mass is 16.3. The van der Waals surface area contributed by atoms with Crippen LogP contribution in [0.15, 0.2) is 23.3 Å². The van der Waals surface area contributed by atoms with Crippen LogP contribution in [0, 0.1) is 0 Å². The van der Waals surface area contributed by atoms with Gasteiger partial charge in [-0.1, -0.05) is 30.2 Å². The summed E-state index contributed by atoms with van der Waals surface area (Å²) in [7, 11) is 0. The van der Waals surface area contributed by atoms with E-state index in [-0.39, 0.29) is 6.23 Å². The number of rotatable bonds is 7. The highest BCUT2D eigenvalue weighted by Crippen LogP contribution is 2.05. The second-order valence-electron chi connectivity index (χ2n) is 4.20. The van der Waals surface area contributed by atoms with Gasteiger partial charge in [0.25, 0.3) is 0 Å². The summed E-state index contributed by atoms with van der Waals surface area (Å²) in [5, 5.41) is 12.3. The molecule has 2 nitrogen and oxygen atoms in total. The number of aliphatic hydroxyl groups is 1. The predicted octanol–water partition coefficient (Wildman–Crippen LogP) is 3.00. The van der Waals surface area contributed by atoms with Gasteiger partial charge in [-0.05, 0) is 40.0 Å². The zero-order chi connectivity index (χ0) is 11.7. The summed E-state index contributed by atoms with van der Waals surface area (Å²) in [5.41, 5.74) is 2.76. The second kappa shape index (κ2) is 8.69. The van der Waals surface area contributed by atoms with Crippen molar-refractivity contribution in [3.05, 3.63) is 23.3 Å². The molecule has 0 heterocycles. The number of hydrogen-bond acceptors (Lipinski definition) is 2. The minimum atomic E-state index is -0.369. The lowest BCUT2D eigenvalue weighted by Gasteiger charge is -2.08. The summed E-state index contributed by atoms with van der Waals surface area (Å²) in [6.45, 7) is 9.11. The van der Waals surface area contributed by atoms with E-state index in [2.05, 4.69) is 38.2 Å². The van der Waals surface area contributed by atoms with E-state index in [0.717, 1.165) is 25.8 Å². The molecule has 0 fully saturated rings. The Kier molecular flexibility index (Phi) is 8.34. The smallest absolute Gasteiger partial charge is 0.104 e. The number of hydrogen-bond donors (Lipinski definition) is 2. The minimum absolute atomic E-state index is 0.369. The van der Waals surface area contributed by atoms with Gasteiger partial charge in [-0.25, -0.2) is 0 Å². The Morgan fingerprint density at radius 3 is 2.47 bits per heavy atom. The lowest BCUT2D eigenvalue weighted by molar-refractivity contribution is 0.138. The van der Waals surface area contributed by atoms with Crippen molar-refractivity contribution in [1.82, 2.24) is 5.32 Å². The van der Waals surface area contributed by atoms with Crippen LogP contribution in [0.25, 0.3) is 0 Å². The summed E-state index contributed by atoms with van der Waals surface area (Å²) in [5.74, 6) is 0. The van der Waals surface area contributed by atoms with E-state index in [0.29, 0.717) is 0 Å². The first-order valence-electron chi connectivity index (χ1n) is 5.76. The van der Waals surface area contributed by atoms with Crippen LogP contribution in [0.2, 0.25) is 0 Å². The molecule has 1 unspecified atom stereocenters. The van der Waals surface area contributed by atoms with Crippen molar-refractivity contribution < 1.29 is 5.11 Å². The largest absolute Gasteiger partial charge is 0.379 e.